The van der Waals surface area contributed by atoms with Crippen LogP contribution >= 0.6 is 0 Å². The fraction of sp³-hybridized carbons (Fsp3) is 0.719. The first kappa shape index (κ1) is 30.1. The van der Waals surface area contributed by atoms with Gasteiger partial charge in [0.05, 0.1) is 31.3 Å². The SMILES string of the molecule is O=C1C[C@@H]2O[C@H](CN(C(=O)C3CCOCC3)C[C@@H]3CN(CCO3)C(=O)[C@@H]3C[C@@H](CN3C3Cc4ccccc4C3)N1)[C@@H](O)[C@H]2O. The molecular formula is C32H44N4O8. The Morgan fingerprint density at radius 3 is 2.36 bits per heavy atom. The van der Waals surface area contributed by atoms with E-state index in [1.807, 2.05) is 4.90 Å². The number of carbonyl (C=O) groups is 3. The lowest BCUT2D eigenvalue weighted by Gasteiger charge is -2.40. The number of fused-ring (bicyclic) bond motifs is 7. The zero-order valence-corrected chi connectivity index (χ0v) is 25.1. The predicted molar refractivity (Wildman–Crippen MR) is 156 cm³/mol. The summed E-state index contributed by atoms with van der Waals surface area (Å²) in [5.41, 5.74) is 2.60. The van der Waals surface area contributed by atoms with Crippen LogP contribution in [-0.2, 0) is 41.4 Å². The van der Waals surface area contributed by atoms with Gasteiger partial charge in [0.2, 0.25) is 17.7 Å². The lowest BCUT2D eigenvalue weighted by Crippen LogP contribution is -2.56. The van der Waals surface area contributed by atoms with Crippen LogP contribution in [0.5, 0.6) is 0 Å². The summed E-state index contributed by atoms with van der Waals surface area (Å²) in [4.78, 5) is 47.1. The van der Waals surface area contributed by atoms with Crippen LogP contribution in [0, 0.1) is 5.92 Å². The minimum atomic E-state index is -1.26. The smallest absolute Gasteiger partial charge is 0.240 e. The van der Waals surface area contributed by atoms with E-state index in [1.165, 1.54) is 11.1 Å². The summed E-state index contributed by atoms with van der Waals surface area (Å²) in [5.74, 6) is -0.545. The number of morpholine rings is 1. The Morgan fingerprint density at radius 2 is 1.61 bits per heavy atom. The van der Waals surface area contributed by atoms with Gasteiger partial charge >= 0.3 is 0 Å². The van der Waals surface area contributed by atoms with Crippen molar-refractivity contribution in [3.63, 3.8) is 0 Å². The van der Waals surface area contributed by atoms with Gasteiger partial charge in [-0.3, -0.25) is 19.3 Å². The van der Waals surface area contributed by atoms with Crippen LogP contribution in [0.25, 0.3) is 0 Å². The van der Waals surface area contributed by atoms with Crippen LogP contribution < -0.4 is 5.32 Å². The van der Waals surface area contributed by atoms with Crippen molar-refractivity contribution in [2.24, 2.45) is 5.92 Å². The molecule has 0 unspecified atom stereocenters. The number of ether oxygens (including phenoxy) is 3. The fourth-order valence-corrected chi connectivity index (χ4v) is 8.16. The Kier molecular flexibility index (Phi) is 8.64. The van der Waals surface area contributed by atoms with Crippen molar-refractivity contribution in [3.05, 3.63) is 35.4 Å². The largest absolute Gasteiger partial charge is 0.388 e. The van der Waals surface area contributed by atoms with Gasteiger partial charge in [0.25, 0.3) is 0 Å². The number of amides is 3. The second kappa shape index (κ2) is 12.6. The van der Waals surface area contributed by atoms with Gasteiger partial charge in [-0.05, 0) is 43.2 Å². The van der Waals surface area contributed by atoms with E-state index in [9.17, 15) is 24.6 Å². The van der Waals surface area contributed by atoms with Gasteiger partial charge in [0.15, 0.2) is 0 Å². The molecule has 0 spiro atoms. The average Bonchev–Trinajstić information content (AvgIpc) is 3.73. The summed E-state index contributed by atoms with van der Waals surface area (Å²) >= 11 is 0. The number of carbonyl (C=O) groups excluding carboxylic acids is 3. The van der Waals surface area contributed by atoms with Crippen LogP contribution in [0.15, 0.2) is 24.3 Å². The van der Waals surface area contributed by atoms with Crippen molar-refractivity contribution >= 4 is 17.7 Å². The molecule has 0 radical (unpaired) electrons. The highest BCUT2D eigenvalue weighted by Crippen LogP contribution is 2.33. The zero-order valence-electron chi connectivity index (χ0n) is 25.1. The van der Waals surface area contributed by atoms with E-state index < -0.39 is 30.5 Å². The number of likely N-dealkylation sites (tertiary alicyclic amines) is 1. The number of aliphatic hydroxyl groups excluding tert-OH is 2. The fourth-order valence-electron chi connectivity index (χ4n) is 8.16. The molecule has 3 amide bonds. The van der Waals surface area contributed by atoms with E-state index in [-0.39, 0.29) is 61.3 Å². The molecule has 240 valence electrons. The molecule has 1 aromatic carbocycles. The van der Waals surface area contributed by atoms with E-state index in [1.54, 1.807) is 4.90 Å². The minimum Gasteiger partial charge on any atom is -0.388 e. The number of benzene rings is 1. The third kappa shape index (κ3) is 6.00. The highest BCUT2D eigenvalue weighted by molar-refractivity contribution is 5.83. The molecule has 12 nitrogen and oxygen atoms in total. The van der Waals surface area contributed by atoms with Gasteiger partial charge in [-0.2, -0.15) is 0 Å². The van der Waals surface area contributed by atoms with E-state index in [2.05, 4.69) is 34.5 Å². The van der Waals surface area contributed by atoms with Crippen molar-refractivity contribution in [2.45, 2.75) is 87.2 Å². The summed E-state index contributed by atoms with van der Waals surface area (Å²) in [6.45, 7) is 3.05. The van der Waals surface area contributed by atoms with E-state index in [0.29, 0.717) is 58.7 Å². The van der Waals surface area contributed by atoms with Crippen molar-refractivity contribution in [1.82, 2.24) is 20.0 Å². The number of nitrogens with zero attached hydrogens (tertiary/aromatic N) is 3. The molecule has 1 aliphatic carbocycles. The molecule has 5 heterocycles. The normalized spacial score (nSPS) is 36.0. The van der Waals surface area contributed by atoms with Crippen LogP contribution in [0.1, 0.15) is 36.8 Å². The minimum absolute atomic E-state index is 0.0367. The summed E-state index contributed by atoms with van der Waals surface area (Å²) in [6, 6.07) is 7.95. The van der Waals surface area contributed by atoms with Gasteiger partial charge in [-0.25, -0.2) is 0 Å². The molecule has 5 fully saturated rings. The van der Waals surface area contributed by atoms with Crippen LogP contribution in [0.3, 0.4) is 0 Å². The standard InChI is InChI=1S/C32H44N4O8/c37-28-14-26-29(38)30(39)27(44-26)18-35(31(40)19-5-8-42-9-6-19)17-24-16-34(7-10-43-24)32(41)25-13-22(33-28)15-36(25)23-11-20-3-1-2-4-21(20)12-23/h1-4,19,22-27,29-30,38-39H,5-18H2,(H,33,37)/t22-,24-,25-,26-,27+,29-,30+/m0/s1. The van der Waals surface area contributed by atoms with Crippen LogP contribution in [0.2, 0.25) is 0 Å². The Balaban J connectivity index is 1.15. The van der Waals surface area contributed by atoms with Gasteiger partial charge in [0.1, 0.15) is 18.3 Å². The Bertz CT molecular complexity index is 1220. The van der Waals surface area contributed by atoms with Crippen molar-refractivity contribution in [2.75, 3.05) is 52.5 Å². The third-order valence-corrected chi connectivity index (χ3v) is 10.5. The Labute approximate surface area is 257 Å². The number of nitrogens with one attached hydrogen (secondary N) is 1. The average molecular weight is 613 g/mol. The lowest BCUT2D eigenvalue weighted by atomic mass is 9.97. The monoisotopic (exact) mass is 612 g/mol. The van der Waals surface area contributed by atoms with E-state index in [0.717, 1.165) is 12.8 Å². The van der Waals surface area contributed by atoms with E-state index in [4.69, 9.17) is 14.2 Å². The quantitative estimate of drug-likeness (QED) is 0.387. The molecule has 44 heavy (non-hydrogen) atoms. The van der Waals surface area contributed by atoms with Gasteiger partial charge in [0, 0.05) is 63.9 Å². The molecule has 5 saturated heterocycles. The lowest BCUT2D eigenvalue weighted by molar-refractivity contribution is -0.150. The maximum Gasteiger partial charge on any atom is 0.240 e. The first-order chi connectivity index (χ1) is 21.3. The van der Waals surface area contributed by atoms with Gasteiger partial charge < -0.3 is 39.5 Å². The van der Waals surface area contributed by atoms with Crippen LogP contribution in [0.4, 0.5) is 0 Å². The molecule has 5 aliphatic heterocycles. The molecule has 6 aliphatic rings. The summed E-state index contributed by atoms with van der Waals surface area (Å²) in [6.07, 6.45) is -1.34. The number of hydrogen-bond acceptors (Lipinski definition) is 9. The van der Waals surface area contributed by atoms with Gasteiger partial charge in [-0.1, -0.05) is 24.3 Å². The number of hydrogen-bond donors (Lipinski definition) is 3. The summed E-state index contributed by atoms with van der Waals surface area (Å²) in [7, 11) is 0. The Morgan fingerprint density at radius 1 is 0.886 bits per heavy atom. The molecule has 7 rings (SSSR count). The van der Waals surface area contributed by atoms with Crippen molar-refractivity contribution < 1.29 is 38.8 Å². The summed E-state index contributed by atoms with van der Waals surface area (Å²) < 4.78 is 17.7. The predicted octanol–water partition coefficient (Wildman–Crippen LogP) is -0.912. The molecule has 1 aromatic rings. The maximum absolute atomic E-state index is 14.2. The highest BCUT2D eigenvalue weighted by Gasteiger charge is 2.48. The Hall–Kier alpha value is -2.61. The van der Waals surface area contributed by atoms with Crippen molar-refractivity contribution in [1.29, 1.82) is 0 Å². The highest BCUT2D eigenvalue weighted by atomic mass is 16.5. The van der Waals surface area contributed by atoms with Crippen molar-refractivity contribution in [3.8, 4) is 0 Å². The number of aliphatic hydroxyl groups is 2. The van der Waals surface area contributed by atoms with Crippen LogP contribution in [-0.4, -0.2) is 144 Å². The molecule has 0 aromatic heterocycles. The third-order valence-electron chi connectivity index (χ3n) is 10.5. The zero-order chi connectivity index (χ0) is 30.4. The molecule has 7 atom stereocenters. The number of rotatable bonds is 2. The molecular weight excluding hydrogens is 568 g/mol. The molecule has 6 bridgehead atoms. The maximum atomic E-state index is 14.2. The summed E-state index contributed by atoms with van der Waals surface area (Å²) in [5, 5.41) is 24.9. The second-order valence-electron chi connectivity index (χ2n) is 13.3. The topological polar surface area (TPSA) is 141 Å². The second-order valence-corrected chi connectivity index (χ2v) is 13.3. The first-order valence-electron chi connectivity index (χ1n) is 16.2. The first-order valence-corrected chi connectivity index (χ1v) is 16.2. The molecule has 3 N–H and O–H groups in total. The molecule has 12 heteroatoms. The van der Waals surface area contributed by atoms with Gasteiger partial charge in [-0.15, -0.1) is 0 Å². The van der Waals surface area contributed by atoms with E-state index >= 15 is 0 Å². The molecule has 0 saturated carbocycles.